The predicted octanol–water partition coefficient (Wildman–Crippen LogP) is 4.11. The van der Waals surface area contributed by atoms with Gasteiger partial charge in [-0.05, 0) is 25.5 Å². The van der Waals surface area contributed by atoms with E-state index in [-0.39, 0.29) is 11.7 Å². The second kappa shape index (κ2) is 6.37. The largest absolute Gasteiger partial charge is 0.456 e. The number of nitrogens with two attached hydrogens (primary N) is 1. The molecule has 0 saturated heterocycles. The molecule has 5 heteroatoms. The van der Waals surface area contributed by atoms with Crippen molar-refractivity contribution in [2.24, 2.45) is 5.73 Å². The molecule has 0 aliphatic rings. The maximum absolute atomic E-state index is 11.0. The summed E-state index contributed by atoms with van der Waals surface area (Å²) in [5.41, 5.74) is 7.52. The molecule has 21 heavy (non-hydrogen) atoms. The van der Waals surface area contributed by atoms with E-state index in [9.17, 15) is 10.1 Å². The number of rotatable bonds is 5. The van der Waals surface area contributed by atoms with Gasteiger partial charge in [0, 0.05) is 17.7 Å². The normalized spacial score (nSPS) is 12.0. The molecule has 1 unspecified atom stereocenters. The molecular formula is C16H18N2O3. The molecule has 5 nitrogen and oxygen atoms in total. The Kier molecular flexibility index (Phi) is 4.55. The summed E-state index contributed by atoms with van der Waals surface area (Å²) < 4.78 is 5.87. The Morgan fingerprint density at radius 2 is 1.86 bits per heavy atom. The summed E-state index contributed by atoms with van der Waals surface area (Å²) in [5, 5.41) is 11.0. The first-order valence-corrected chi connectivity index (χ1v) is 6.81. The van der Waals surface area contributed by atoms with Gasteiger partial charge in [-0.25, -0.2) is 0 Å². The lowest BCUT2D eigenvalue weighted by Crippen LogP contribution is -2.10. The molecule has 0 saturated carbocycles. The second-order valence-corrected chi connectivity index (χ2v) is 4.81. The highest BCUT2D eigenvalue weighted by Crippen LogP contribution is 2.34. The van der Waals surface area contributed by atoms with Crippen molar-refractivity contribution in [1.82, 2.24) is 0 Å². The SMILES string of the molecule is CCC(N)c1ccccc1Oc1cccc([N+](=O)[O-])c1C. The van der Waals surface area contributed by atoms with E-state index in [1.807, 2.05) is 31.2 Å². The van der Waals surface area contributed by atoms with Crippen molar-refractivity contribution >= 4 is 5.69 Å². The van der Waals surface area contributed by atoms with Crippen molar-refractivity contribution in [3.8, 4) is 11.5 Å². The van der Waals surface area contributed by atoms with Gasteiger partial charge in [0.2, 0.25) is 0 Å². The van der Waals surface area contributed by atoms with Crippen LogP contribution in [0, 0.1) is 17.0 Å². The number of hydrogen-bond acceptors (Lipinski definition) is 4. The van der Waals surface area contributed by atoms with E-state index in [1.165, 1.54) is 6.07 Å². The molecule has 0 spiro atoms. The van der Waals surface area contributed by atoms with Gasteiger partial charge in [-0.2, -0.15) is 0 Å². The van der Waals surface area contributed by atoms with Gasteiger partial charge in [-0.3, -0.25) is 10.1 Å². The van der Waals surface area contributed by atoms with E-state index in [1.54, 1.807) is 19.1 Å². The Labute approximate surface area is 123 Å². The van der Waals surface area contributed by atoms with Crippen LogP contribution in [0.25, 0.3) is 0 Å². The fraction of sp³-hybridized carbons (Fsp3) is 0.250. The Balaban J connectivity index is 2.40. The van der Waals surface area contributed by atoms with Crippen LogP contribution in [-0.4, -0.2) is 4.92 Å². The van der Waals surface area contributed by atoms with Gasteiger partial charge in [-0.15, -0.1) is 0 Å². The Bertz CT molecular complexity index is 656. The van der Waals surface area contributed by atoms with Crippen molar-refractivity contribution in [2.75, 3.05) is 0 Å². The fourth-order valence-corrected chi connectivity index (χ4v) is 2.13. The highest BCUT2D eigenvalue weighted by Gasteiger charge is 2.16. The first kappa shape index (κ1) is 15.0. The molecule has 2 N–H and O–H groups in total. The summed E-state index contributed by atoms with van der Waals surface area (Å²) in [4.78, 5) is 10.6. The summed E-state index contributed by atoms with van der Waals surface area (Å²) in [6.07, 6.45) is 0.786. The van der Waals surface area contributed by atoms with Crippen LogP contribution in [0.2, 0.25) is 0 Å². The van der Waals surface area contributed by atoms with Gasteiger partial charge in [0.15, 0.2) is 0 Å². The highest BCUT2D eigenvalue weighted by atomic mass is 16.6. The number of nitro benzene ring substituents is 1. The first-order chi connectivity index (χ1) is 10.0. The predicted molar refractivity (Wildman–Crippen MR) is 81.6 cm³/mol. The number of ether oxygens (including phenoxy) is 1. The van der Waals surface area contributed by atoms with Crippen molar-refractivity contribution in [2.45, 2.75) is 26.3 Å². The highest BCUT2D eigenvalue weighted by molar-refractivity contribution is 5.50. The summed E-state index contributed by atoms with van der Waals surface area (Å²) in [6.45, 7) is 3.68. The molecular weight excluding hydrogens is 268 g/mol. The summed E-state index contributed by atoms with van der Waals surface area (Å²) in [6, 6.07) is 12.2. The van der Waals surface area contributed by atoms with Crippen LogP contribution in [0.15, 0.2) is 42.5 Å². The summed E-state index contributed by atoms with van der Waals surface area (Å²) >= 11 is 0. The van der Waals surface area contributed by atoms with Gasteiger partial charge >= 0.3 is 0 Å². The third-order valence-corrected chi connectivity index (χ3v) is 3.43. The number of nitro groups is 1. The molecule has 0 aliphatic carbocycles. The number of benzene rings is 2. The van der Waals surface area contributed by atoms with Crippen LogP contribution >= 0.6 is 0 Å². The minimum atomic E-state index is -0.411. The zero-order chi connectivity index (χ0) is 15.4. The number of hydrogen-bond donors (Lipinski definition) is 1. The van der Waals surface area contributed by atoms with Gasteiger partial charge in [0.25, 0.3) is 5.69 Å². The molecule has 0 fully saturated rings. The van der Waals surface area contributed by atoms with Crippen molar-refractivity contribution in [3.05, 3.63) is 63.7 Å². The average Bonchev–Trinajstić information content (AvgIpc) is 2.49. The van der Waals surface area contributed by atoms with Gasteiger partial charge in [0.05, 0.1) is 10.5 Å². The van der Waals surface area contributed by atoms with E-state index in [0.717, 1.165) is 12.0 Å². The molecule has 2 aromatic carbocycles. The zero-order valence-corrected chi connectivity index (χ0v) is 12.1. The van der Waals surface area contributed by atoms with Crippen LogP contribution in [0.4, 0.5) is 5.69 Å². The molecule has 0 radical (unpaired) electrons. The Morgan fingerprint density at radius 3 is 2.52 bits per heavy atom. The number of nitrogens with zero attached hydrogens (tertiary/aromatic N) is 1. The van der Waals surface area contributed by atoms with Crippen molar-refractivity contribution in [3.63, 3.8) is 0 Å². The zero-order valence-electron chi connectivity index (χ0n) is 12.1. The summed E-state index contributed by atoms with van der Waals surface area (Å²) in [7, 11) is 0. The molecule has 0 amide bonds. The summed E-state index contributed by atoms with van der Waals surface area (Å²) in [5.74, 6) is 1.11. The van der Waals surface area contributed by atoms with Crippen LogP contribution in [0.1, 0.15) is 30.5 Å². The van der Waals surface area contributed by atoms with Crippen molar-refractivity contribution in [1.29, 1.82) is 0 Å². The van der Waals surface area contributed by atoms with E-state index in [4.69, 9.17) is 10.5 Å². The first-order valence-electron chi connectivity index (χ1n) is 6.81. The molecule has 0 aromatic heterocycles. The number of para-hydroxylation sites is 1. The lowest BCUT2D eigenvalue weighted by Gasteiger charge is -2.16. The minimum Gasteiger partial charge on any atom is -0.456 e. The Morgan fingerprint density at radius 1 is 1.19 bits per heavy atom. The maximum atomic E-state index is 11.0. The quantitative estimate of drug-likeness (QED) is 0.662. The van der Waals surface area contributed by atoms with E-state index in [2.05, 4.69) is 0 Å². The molecule has 2 rings (SSSR count). The van der Waals surface area contributed by atoms with Crippen LogP contribution in [-0.2, 0) is 0 Å². The third kappa shape index (κ3) is 3.20. The van der Waals surface area contributed by atoms with E-state index < -0.39 is 4.92 Å². The van der Waals surface area contributed by atoms with Gasteiger partial charge < -0.3 is 10.5 Å². The molecule has 2 aromatic rings. The van der Waals surface area contributed by atoms with Gasteiger partial charge in [-0.1, -0.05) is 31.2 Å². The second-order valence-electron chi connectivity index (χ2n) is 4.81. The van der Waals surface area contributed by atoms with Gasteiger partial charge in [0.1, 0.15) is 11.5 Å². The Hall–Kier alpha value is -2.40. The fourth-order valence-electron chi connectivity index (χ4n) is 2.13. The maximum Gasteiger partial charge on any atom is 0.276 e. The van der Waals surface area contributed by atoms with Crippen LogP contribution in [0.3, 0.4) is 0 Å². The van der Waals surface area contributed by atoms with Crippen LogP contribution in [0.5, 0.6) is 11.5 Å². The standard InChI is InChI=1S/C16H18N2O3/c1-3-13(17)12-7-4-5-9-16(12)21-15-10-6-8-14(11(15)2)18(19)20/h4-10,13H,3,17H2,1-2H3. The molecule has 110 valence electrons. The van der Waals surface area contributed by atoms with E-state index in [0.29, 0.717) is 17.1 Å². The molecule has 1 atom stereocenters. The lowest BCUT2D eigenvalue weighted by molar-refractivity contribution is -0.385. The molecule has 0 aliphatic heterocycles. The lowest BCUT2D eigenvalue weighted by atomic mass is 10.0. The molecule has 0 bridgehead atoms. The smallest absolute Gasteiger partial charge is 0.276 e. The third-order valence-electron chi connectivity index (χ3n) is 3.43. The minimum absolute atomic E-state index is 0.0461. The molecule has 0 heterocycles. The van der Waals surface area contributed by atoms with E-state index >= 15 is 0 Å². The van der Waals surface area contributed by atoms with Crippen molar-refractivity contribution < 1.29 is 9.66 Å². The topological polar surface area (TPSA) is 78.4 Å². The van der Waals surface area contributed by atoms with Crippen LogP contribution < -0.4 is 10.5 Å². The monoisotopic (exact) mass is 286 g/mol. The average molecular weight is 286 g/mol.